The second-order valence-corrected chi connectivity index (χ2v) is 4.18. The van der Waals surface area contributed by atoms with Gasteiger partial charge in [0.1, 0.15) is 5.82 Å². The van der Waals surface area contributed by atoms with Crippen molar-refractivity contribution < 1.29 is 0 Å². The van der Waals surface area contributed by atoms with Crippen LogP contribution in [-0.2, 0) is 13.5 Å². The fourth-order valence-electron chi connectivity index (χ4n) is 1.80. The van der Waals surface area contributed by atoms with Gasteiger partial charge < -0.3 is 4.57 Å². The van der Waals surface area contributed by atoms with E-state index in [0.29, 0.717) is 0 Å². The first-order valence-electron chi connectivity index (χ1n) is 5.67. The maximum Gasteiger partial charge on any atom is 0.153 e. The van der Waals surface area contributed by atoms with Gasteiger partial charge in [0.05, 0.1) is 11.9 Å². The second-order valence-electron chi connectivity index (χ2n) is 4.18. The zero-order valence-corrected chi connectivity index (χ0v) is 10.4. The van der Waals surface area contributed by atoms with Crippen molar-refractivity contribution in [3.8, 4) is 5.82 Å². The van der Waals surface area contributed by atoms with E-state index in [2.05, 4.69) is 30.1 Å². The Morgan fingerprint density at radius 2 is 2.06 bits per heavy atom. The van der Waals surface area contributed by atoms with Crippen LogP contribution >= 0.6 is 0 Å². The predicted molar refractivity (Wildman–Crippen MR) is 63.8 cm³/mol. The maximum atomic E-state index is 4.60. The molecule has 0 N–H and O–H groups in total. The van der Waals surface area contributed by atoms with Gasteiger partial charge in [0.15, 0.2) is 5.82 Å². The van der Waals surface area contributed by atoms with Crippen molar-refractivity contribution in [2.24, 2.45) is 7.05 Å². The molecule has 4 heteroatoms. The first kappa shape index (κ1) is 10.9. The Morgan fingerprint density at radius 3 is 2.62 bits per heavy atom. The summed E-state index contributed by atoms with van der Waals surface area (Å²) in [6, 6.07) is 0. The number of hydrogen-bond donors (Lipinski definition) is 0. The normalized spacial score (nSPS) is 11.0. The van der Waals surface area contributed by atoms with Gasteiger partial charge in [-0.25, -0.2) is 9.67 Å². The van der Waals surface area contributed by atoms with Crippen LogP contribution in [-0.4, -0.2) is 19.3 Å². The lowest BCUT2D eigenvalue weighted by atomic mass is 10.2. The highest BCUT2D eigenvalue weighted by Gasteiger charge is 2.09. The topological polar surface area (TPSA) is 35.6 Å². The molecule has 86 valence electrons. The van der Waals surface area contributed by atoms with Gasteiger partial charge in [-0.2, -0.15) is 5.10 Å². The third-order valence-electron chi connectivity index (χ3n) is 2.92. The van der Waals surface area contributed by atoms with E-state index in [1.165, 1.54) is 11.3 Å². The molecule has 0 spiro atoms. The van der Waals surface area contributed by atoms with E-state index in [1.807, 2.05) is 29.4 Å². The van der Waals surface area contributed by atoms with Gasteiger partial charge in [-0.3, -0.25) is 0 Å². The third-order valence-corrected chi connectivity index (χ3v) is 2.92. The van der Waals surface area contributed by atoms with Crippen LogP contribution in [0.5, 0.6) is 0 Å². The quantitative estimate of drug-likeness (QED) is 0.791. The SMILES string of the molecule is CCCc1nn(-c2cnc(C)n2C)cc1C. The summed E-state index contributed by atoms with van der Waals surface area (Å²) < 4.78 is 3.96. The number of nitrogens with zero attached hydrogens (tertiary/aromatic N) is 4. The number of aromatic nitrogens is 4. The van der Waals surface area contributed by atoms with Crippen molar-refractivity contribution in [2.45, 2.75) is 33.6 Å². The first-order valence-corrected chi connectivity index (χ1v) is 5.67. The van der Waals surface area contributed by atoms with Crippen LogP contribution in [0.4, 0.5) is 0 Å². The van der Waals surface area contributed by atoms with Crippen molar-refractivity contribution in [3.05, 3.63) is 29.5 Å². The molecule has 0 radical (unpaired) electrons. The molecule has 0 amide bonds. The summed E-state index contributed by atoms with van der Waals surface area (Å²) in [4.78, 5) is 4.28. The van der Waals surface area contributed by atoms with Gasteiger partial charge in [-0.05, 0) is 25.8 Å². The van der Waals surface area contributed by atoms with Crippen LogP contribution < -0.4 is 0 Å². The number of aryl methyl sites for hydroxylation is 3. The average molecular weight is 218 g/mol. The van der Waals surface area contributed by atoms with E-state index in [0.717, 1.165) is 24.5 Å². The molecule has 2 heterocycles. The molecule has 0 atom stereocenters. The first-order chi connectivity index (χ1) is 7.63. The zero-order chi connectivity index (χ0) is 11.7. The molecule has 0 aliphatic carbocycles. The minimum Gasteiger partial charge on any atom is -0.317 e. The highest BCUT2D eigenvalue weighted by Crippen LogP contribution is 2.13. The monoisotopic (exact) mass is 218 g/mol. The number of hydrogen-bond acceptors (Lipinski definition) is 2. The van der Waals surface area contributed by atoms with Crippen molar-refractivity contribution in [1.29, 1.82) is 0 Å². The Hall–Kier alpha value is -1.58. The molecule has 0 aromatic carbocycles. The van der Waals surface area contributed by atoms with E-state index in [9.17, 15) is 0 Å². The van der Waals surface area contributed by atoms with Crippen molar-refractivity contribution in [2.75, 3.05) is 0 Å². The predicted octanol–water partition coefficient (Wildman–Crippen LogP) is 2.18. The summed E-state index contributed by atoms with van der Waals surface area (Å²) in [6.45, 7) is 6.28. The van der Waals surface area contributed by atoms with Crippen LogP contribution in [0, 0.1) is 13.8 Å². The molecule has 2 rings (SSSR count). The minimum atomic E-state index is 1.00. The number of rotatable bonds is 3. The molecule has 0 bridgehead atoms. The van der Waals surface area contributed by atoms with Crippen LogP contribution in [0.3, 0.4) is 0 Å². The van der Waals surface area contributed by atoms with Gasteiger partial charge >= 0.3 is 0 Å². The Labute approximate surface area is 95.9 Å². The standard InChI is InChI=1S/C12H18N4/c1-5-6-11-9(2)8-16(14-11)12-7-13-10(3)15(12)4/h7-8H,5-6H2,1-4H3. The Balaban J connectivity index is 2.41. The maximum absolute atomic E-state index is 4.60. The average Bonchev–Trinajstić information content (AvgIpc) is 2.75. The molecule has 16 heavy (non-hydrogen) atoms. The summed E-state index contributed by atoms with van der Waals surface area (Å²) in [6.07, 6.45) is 6.09. The Bertz CT molecular complexity index is 493. The van der Waals surface area contributed by atoms with Crippen LogP contribution in [0.25, 0.3) is 5.82 Å². The molecule has 0 saturated heterocycles. The lowest BCUT2D eigenvalue weighted by Gasteiger charge is -2.02. The van der Waals surface area contributed by atoms with Gasteiger partial charge in [-0.1, -0.05) is 13.3 Å². The van der Waals surface area contributed by atoms with Gasteiger partial charge in [0.2, 0.25) is 0 Å². The molecule has 0 fully saturated rings. The van der Waals surface area contributed by atoms with E-state index in [4.69, 9.17) is 0 Å². The van der Waals surface area contributed by atoms with Crippen LogP contribution in [0.1, 0.15) is 30.4 Å². The molecule has 0 aliphatic rings. The highest BCUT2D eigenvalue weighted by atomic mass is 15.3. The Kier molecular flexibility index (Phi) is 2.81. The Morgan fingerprint density at radius 1 is 1.31 bits per heavy atom. The summed E-state index contributed by atoms with van der Waals surface area (Å²) in [5, 5.41) is 4.60. The second kappa shape index (κ2) is 4.12. The molecule has 0 aliphatic heterocycles. The van der Waals surface area contributed by atoms with Gasteiger partial charge in [0, 0.05) is 13.2 Å². The molecule has 4 nitrogen and oxygen atoms in total. The van der Waals surface area contributed by atoms with E-state index in [1.54, 1.807) is 0 Å². The van der Waals surface area contributed by atoms with E-state index in [-0.39, 0.29) is 0 Å². The fourth-order valence-corrected chi connectivity index (χ4v) is 1.80. The summed E-state index contributed by atoms with van der Waals surface area (Å²) in [5.74, 6) is 2.02. The van der Waals surface area contributed by atoms with Crippen LogP contribution in [0.2, 0.25) is 0 Å². The molecular weight excluding hydrogens is 200 g/mol. The largest absolute Gasteiger partial charge is 0.317 e. The fraction of sp³-hybridized carbons (Fsp3) is 0.500. The van der Waals surface area contributed by atoms with E-state index < -0.39 is 0 Å². The molecule has 0 unspecified atom stereocenters. The lowest BCUT2D eigenvalue weighted by Crippen LogP contribution is -2.03. The summed E-state index contributed by atoms with van der Waals surface area (Å²) in [7, 11) is 2.01. The van der Waals surface area contributed by atoms with Gasteiger partial charge in [-0.15, -0.1) is 0 Å². The van der Waals surface area contributed by atoms with Crippen LogP contribution in [0.15, 0.2) is 12.4 Å². The van der Waals surface area contributed by atoms with Crippen molar-refractivity contribution in [3.63, 3.8) is 0 Å². The molecule has 0 saturated carbocycles. The zero-order valence-electron chi connectivity index (χ0n) is 10.4. The number of imidazole rings is 1. The van der Waals surface area contributed by atoms with E-state index >= 15 is 0 Å². The highest BCUT2D eigenvalue weighted by molar-refractivity contribution is 5.26. The van der Waals surface area contributed by atoms with Gasteiger partial charge in [0.25, 0.3) is 0 Å². The molecular formula is C12H18N4. The third kappa shape index (κ3) is 1.75. The summed E-state index contributed by atoms with van der Waals surface area (Å²) in [5.41, 5.74) is 2.43. The summed E-state index contributed by atoms with van der Waals surface area (Å²) >= 11 is 0. The molecule has 2 aromatic rings. The molecule has 2 aromatic heterocycles. The lowest BCUT2D eigenvalue weighted by molar-refractivity contribution is 0.736. The van der Waals surface area contributed by atoms with Crippen molar-refractivity contribution in [1.82, 2.24) is 19.3 Å². The smallest absolute Gasteiger partial charge is 0.153 e. The minimum absolute atomic E-state index is 1.00. The van der Waals surface area contributed by atoms with Crippen molar-refractivity contribution >= 4 is 0 Å².